The number of likely N-dealkylation sites (tertiary alicyclic amines) is 1. The fourth-order valence-corrected chi connectivity index (χ4v) is 3.60. The number of hydrogen-bond acceptors (Lipinski definition) is 4. The Hall–Kier alpha value is -1.79. The maximum atomic E-state index is 12.7. The van der Waals surface area contributed by atoms with Crippen LogP contribution in [0.25, 0.3) is 0 Å². The van der Waals surface area contributed by atoms with Gasteiger partial charge in [0, 0.05) is 51.2 Å². The summed E-state index contributed by atoms with van der Waals surface area (Å²) in [6, 6.07) is 5.64. The summed E-state index contributed by atoms with van der Waals surface area (Å²) in [5, 5.41) is 3.65. The Kier molecular flexibility index (Phi) is 5.49. The highest BCUT2D eigenvalue weighted by Gasteiger charge is 2.30. The summed E-state index contributed by atoms with van der Waals surface area (Å²) in [4.78, 5) is 30.4. The van der Waals surface area contributed by atoms with Crippen molar-refractivity contribution >= 4 is 34.8 Å². The lowest BCUT2D eigenvalue weighted by Crippen LogP contribution is -2.44. The molecule has 136 valence electrons. The van der Waals surface area contributed by atoms with E-state index in [1.54, 1.807) is 11.8 Å². The Bertz CT molecular complexity index is 658. The van der Waals surface area contributed by atoms with Crippen LogP contribution in [0.5, 0.6) is 0 Å². The number of benzene rings is 1. The summed E-state index contributed by atoms with van der Waals surface area (Å²) in [7, 11) is 2.11. The van der Waals surface area contributed by atoms with Crippen molar-refractivity contribution in [3.63, 3.8) is 0 Å². The highest BCUT2D eigenvalue weighted by atomic mass is 35.5. The van der Waals surface area contributed by atoms with Crippen molar-refractivity contribution in [2.24, 2.45) is 5.92 Å². The molecule has 6 nitrogen and oxygen atoms in total. The Morgan fingerprint density at radius 3 is 2.52 bits per heavy atom. The molecule has 0 aliphatic carbocycles. The van der Waals surface area contributed by atoms with E-state index < -0.39 is 0 Å². The van der Waals surface area contributed by atoms with Gasteiger partial charge < -0.3 is 20.0 Å². The third-order valence-electron chi connectivity index (χ3n) is 5.06. The average Bonchev–Trinajstić information content (AvgIpc) is 3.06. The second-order valence-corrected chi connectivity index (χ2v) is 7.33. The summed E-state index contributed by atoms with van der Waals surface area (Å²) >= 11 is 6.16. The first kappa shape index (κ1) is 18.0. The van der Waals surface area contributed by atoms with E-state index in [0.717, 1.165) is 37.6 Å². The van der Waals surface area contributed by atoms with E-state index >= 15 is 0 Å². The van der Waals surface area contributed by atoms with Crippen LogP contribution in [0.1, 0.15) is 13.3 Å². The summed E-state index contributed by atoms with van der Waals surface area (Å²) in [6.07, 6.45) is 0.704. The molecule has 0 radical (unpaired) electrons. The summed E-state index contributed by atoms with van der Waals surface area (Å²) in [5.41, 5.74) is 1.76. The molecule has 0 saturated carbocycles. The molecule has 1 unspecified atom stereocenters. The van der Waals surface area contributed by atoms with Gasteiger partial charge in [0.25, 0.3) is 0 Å². The molecule has 1 atom stereocenters. The number of nitrogens with zero attached hydrogens (tertiary/aromatic N) is 3. The fraction of sp³-hybridized carbons (Fsp3) is 0.556. The van der Waals surface area contributed by atoms with Crippen LogP contribution in [-0.2, 0) is 9.59 Å². The van der Waals surface area contributed by atoms with E-state index in [9.17, 15) is 9.59 Å². The van der Waals surface area contributed by atoms with Crippen molar-refractivity contribution in [2.45, 2.75) is 13.3 Å². The van der Waals surface area contributed by atoms with E-state index in [-0.39, 0.29) is 17.7 Å². The standard InChI is InChI=1S/C18H25ClN4O2/c1-13(24)23-6-5-14(12-23)18(25)20-16-11-15(19)3-4-17(16)22-9-7-21(2)8-10-22/h3-4,11,14H,5-10,12H2,1-2H3,(H,20,25). The zero-order chi connectivity index (χ0) is 18.0. The van der Waals surface area contributed by atoms with Crippen molar-refractivity contribution in [3.8, 4) is 0 Å². The molecule has 2 fully saturated rings. The number of halogens is 1. The molecule has 1 N–H and O–H groups in total. The van der Waals surface area contributed by atoms with Gasteiger partial charge in [0.15, 0.2) is 0 Å². The minimum atomic E-state index is -0.164. The number of likely N-dealkylation sites (N-methyl/N-ethyl adjacent to an activating group) is 1. The van der Waals surface area contributed by atoms with Crippen molar-refractivity contribution in [1.82, 2.24) is 9.80 Å². The number of anilines is 2. The SMILES string of the molecule is CC(=O)N1CCC(C(=O)Nc2cc(Cl)ccc2N2CCN(C)CC2)C1. The van der Waals surface area contributed by atoms with Gasteiger partial charge in [-0.1, -0.05) is 11.6 Å². The molecule has 3 rings (SSSR count). The zero-order valence-electron chi connectivity index (χ0n) is 14.8. The number of carbonyl (C=O) groups is 2. The lowest BCUT2D eigenvalue weighted by Gasteiger charge is -2.35. The molecule has 1 aromatic carbocycles. The second-order valence-electron chi connectivity index (χ2n) is 6.89. The van der Waals surface area contributed by atoms with E-state index in [1.165, 1.54) is 0 Å². The maximum Gasteiger partial charge on any atom is 0.229 e. The number of hydrogen-bond donors (Lipinski definition) is 1. The Labute approximate surface area is 153 Å². The van der Waals surface area contributed by atoms with Gasteiger partial charge in [-0.2, -0.15) is 0 Å². The van der Waals surface area contributed by atoms with E-state index in [2.05, 4.69) is 22.2 Å². The lowest BCUT2D eigenvalue weighted by atomic mass is 10.1. The molecule has 2 heterocycles. The molecular weight excluding hydrogens is 340 g/mol. The van der Waals surface area contributed by atoms with Gasteiger partial charge in [-0.05, 0) is 31.7 Å². The van der Waals surface area contributed by atoms with Gasteiger partial charge in [0.2, 0.25) is 11.8 Å². The van der Waals surface area contributed by atoms with Gasteiger partial charge in [-0.25, -0.2) is 0 Å². The Morgan fingerprint density at radius 2 is 1.88 bits per heavy atom. The summed E-state index contributed by atoms with van der Waals surface area (Å²) in [5.74, 6) is -0.180. The van der Waals surface area contributed by atoms with Gasteiger partial charge >= 0.3 is 0 Å². The van der Waals surface area contributed by atoms with Crippen LogP contribution in [0.2, 0.25) is 5.02 Å². The minimum Gasteiger partial charge on any atom is -0.367 e. The average molecular weight is 365 g/mol. The second kappa shape index (κ2) is 7.62. The van der Waals surface area contributed by atoms with Gasteiger partial charge in [-0.15, -0.1) is 0 Å². The van der Waals surface area contributed by atoms with Gasteiger partial charge in [0.05, 0.1) is 17.3 Å². The molecule has 7 heteroatoms. The number of piperazine rings is 1. The van der Waals surface area contributed by atoms with Crippen LogP contribution in [0.4, 0.5) is 11.4 Å². The number of amides is 2. The quantitative estimate of drug-likeness (QED) is 0.890. The smallest absolute Gasteiger partial charge is 0.229 e. The first-order chi connectivity index (χ1) is 11.9. The minimum absolute atomic E-state index is 0.0242. The zero-order valence-corrected chi connectivity index (χ0v) is 15.6. The van der Waals surface area contributed by atoms with Crippen LogP contribution in [-0.4, -0.2) is 67.9 Å². The van der Waals surface area contributed by atoms with E-state index in [4.69, 9.17) is 11.6 Å². The molecule has 0 aromatic heterocycles. The molecule has 1 aromatic rings. The Morgan fingerprint density at radius 1 is 1.16 bits per heavy atom. The van der Waals surface area contributed by atoms with Crippen molar-refractivity contribution in [3.05, 3.63) is 23.2 Å². The fourth-order valence-electron chi connectivity index (χ4n) is 3.43. The summed E-state index contributed by atoms with van der Waals surface area (Å²) in [6.45, 7) is 6.51. The predicted octanol–water partition coefficient (Wildman–Crippen LogP) is 1.90. The van der Waals surface area contributed by atoms with Crippen LogP contribution in [0.3, 0.4) is 0 Å². The largest absolute Gasteiger partial charge is 0.367 e. The molecule has 2 aliphatic heterocycles. The van der Waals surface area contributed by atoms with Crippen LogP contribution in [0.15, 0.2) is 18.2 Å². The maximum absolute atomic E-state index is 12.7. The molecule has 0 spiro atoms. The van der Waals surface area contributed by atoms with Crippen LogP contribution >= 0.6 is 11.6 Å². The molecular formula is C18H25ClN4O2. The predicted molar refractivity (Wildman–Crippen MR) is 100 cm³/mol. The lowest BCUT2D eigenvalue weighted by molar-refractivity contribution is -0.128. The molecule has 2 aliphatic rings. The third-order valence-corrected chi connectivity index (χ3v) is 5.30. The Balaban J connectivity index is 1.72. The van der Waals surface area contributed by atoms with Crippen molar-refractivity contribution in [1.29, 1.82) is 0 Å². The summed E-state index contributed by atoms with van der Waals surface area (Å²) < 4.78 is 0. The van der Waals surface area contributed by atoms with Crippen LogP contribution < -0.4 is 10.2 Å². The number of rotatable bonds is 3. The van der Waals surface area contributed by atoms with E-state index in [0.29, 0.717) is 24.5 Å². The van der Waals surface area contributed by atoms with Gasteiger partial charge in [0.1, 0.15) is 0 Å². The molecule has 2 amide bonds. The first-order valence-corrected chi connectivity index (χ1v) is 9.11. The first-order valence-electron chi connectivity index (χ1n) is 8.73. The molecule has 2 saturated heterocycles. The van der Waals surface area contributed by atoms with Crippen molar-refractivity contribution < 1.29 is 9.59 Å². The normalized spacial score (nSPS) is 21.5. The van der Waals surface area contributed by atoms with Crippen LogP contribution in [0, 0.1) is 5.92 Å². The molecule has 25 heavy (non-hydrogen) atoms. The topological polar surface area (TPSA) is 55.9 Å². The van der Waals surface area contributed by atoms with Crippen molar-refractivity contribution in [2.75, 3.05) is 56.5 Å². The van der Waals surface area contributed by atoms with Gasteiger partial charge in [-0.3, -0.25) is 9.59 Å². The third kappa shape index (κ3) is 4.25. The number of carbonyl (C=O) groups excluding carboxylic acids is 2. The number of nitrogens with one attached hydrogen (secondary N) is 1. The van der Waals surface area contributed by atoms with E-state index in [1.807, 2.05) is 18.2 Å². The highest BCUT2D eigenvalue weighted by Crippen LogP contribution is 2.31. The molecule has 0 bridgehead atoms. The highest BCUT2D eigenvalue weighted by molar-refractivity contribution is 6.31. The monoisotopic (exact) mass is 364 g/mol.